The number of rotatable bonds is 10. The molecule has 1 rings (SSSR count). The Labute approximate surface area is 147 Å². The molecule has 1 aromatic rings. The summed E-state index contributed by atoms with van der Waals surface area (Å²) in [5.41, 5.74) is -0.694. The van der Waals surface area contributed by atoms with Crippen molar-refractivity contribution in [3.05, 3.63) is 35.4 Å². The largest absolute Gasteiger partial charge is 0.464 e. The van der Waals surface area contributed by atoms with E-state index in [0.717, 1.165) is 44.2 Å². The number of unbranched alkanes of at least 4 members (excludes halogenated alkanes) is 4. The van der Waals surface area contributed by atoms with E-state index in [1.165, 1.54) is 6.07 Å². The first kappa shape index (κ1) is 21.1. The molecule has 140 valence electrons. The maximum absolute atomic E-state index is 13.7. The molecule has 0 aliphatic carbocycles. The van der Waals surface area contributed by atoms with Crippen molar-refractivity contribution in [3.8, 4) is 0 Å². The van der Waals surface area contributed by atoms with Gasteiger partial charge in [-0.15, -0.1) is 0 Å². The molecule has 0 fully saturated rings. The Morgan fingerprint density at radius 3 is 2.24 bits per heavy atom. The second-order valence-electron chi connectivity index (χ2n) is 6.37. The third kappa shape index (κ3) is 6.80. The van der Waals surface area contributed by atoms with Crippen LogP contribution in [0.2, 0.25) is 0 Å². The molecule has 1 aromatic carbocycles. The van der Waals surface area contributed by atoms with Crippen LogP contribution < -0.4 is 5.32 Å². The number of hydrogen-bond acceptors (Lipinski definition) is 3. The summed E-state index contributed by atoms with van der Waals surface area (Å²) in [6.45, 7) is 5.85. The van der Waals surface area contributed by atoms with Crippen molar-refractivity contribution in [2.75, 3.05) is 6.61 Å². The average Bonchev–Trinajstić information content (AvgIpc) is 2.55. The molecule has 1 amide bonds. The lowest BCUT2D eigenvalue weighted by Gasteiger charge is -2.21. The first-order valence-corrected chi connectivity index (χ1v) is 8.80. The summed E-state index contributed by atoms with van der Waals surface area (Å²) < 4.78 is 32.6. The zero-order valence-corrected chi connectivity index (χ0v) is 15.1. The Balaban J connectivity index is 2.61. The van der Waals surface area contributed by atoms with Gasteiger partial charge in [-0.25, -0.2) is 13.6 Å². The predicted molar refractivity (Wildman–Crippen MR) is 92.2 cm³/mol. The molecule has 0 saturated carbocycles. The Bertz CT molecular complexity index is 556. The van der Waals surface area contributed by atoms with Crippen LogP contribution in [0.5, 0.6) is 0 Å². The topological polar surface area (TPSA) is 55.4 Å². The summed E-state index contributed by atoms with van der Waals surface area (Å²) in [6.07, 6.45) is 5.10. The lowest BCUT2D eigenvalue weighted by atomic mass is 10.0. The Morgan fingerprint density at radius 1 is 1.08 bits per heavy atom. The number of halogens is 2. The standard InChI is InChI=1S/C19H27F2NO3/c1-4-5-6-7-8-12-25-19(24)17(13(2)3)22-18(23)16-14(20)10-9-11-15(16)21/h9-11,13,17H,4-8,12H2,1-3H3,(H,22,23). The Kier molecular flexibility index (Phi) is 9.10. The van der Waals surface area contributed by atoms with E-state index in [1.54, 1.807) is 13.8 Å². The van der Waals surface area contributed by atoms with Crippen LogP contribution in [0, 0.1) is 17.6 Å². The van der Waals surface area contributed by atoms with Crippen LogP contribution in [0.4, 0.5) is 8.78 Å². The molecule has 0 radical (unpaired) electrons. The number of carbonyl (C=O) groups is 2. The summed E-state index contributed by atoms with van der Waals surface area (Å²) in [4.78, 5) is 24.3. The Hall–Kier alpha value is -1.98. The molecule has 4 nitrogen and oxygen atoms in total. The quantitative estimate of drug-likeness (QED) is 0.505. The molecule has 0 spiro atoms. The van der Waals surface area contributed by atoms with Crippen LogP contribution in [0.15, 0.2) is 18.2 Å². The van der Waals surface area contributed by atoms with Gasteiger partial charge in [-0.1, -0.05) is 52.5 Å². The summed E-state index contributed by atoms with van der Waals surface area (Å²) in [5, 5.41) is 2.38. The van der Waals surface area contributed by atoms with E-state index in [4.69, 9.17) is 4.74 Å². The second-order valence-corrected chi connectivity index (χ2v) is 6.37. The fourth-order valence-electron chi connectivity index (χ4n) is 2.39. The maximum Gasteiger partial charge on any atom is 0.328 e. The zero-order chi connectivity index (χ0) is 18.8. The number of benzene rings is 1. The van der Waals surface area contributed by atoms with Gasteiger partial charge in [0.2, 0.25) is 0 Å². The van der Waals surface area contributed by atoms with Crippen molar-refractivity contribution in [2.24, 2.45) is 5.92 Å². The lowest BCUT2D eigenvalue weighted by Crippen LogP contribution is -2.45. The number of hydrogen-bond donors (Lipinski definition) is 1. The highest BCUT2D eigenvalue weighted by Crippen LogP contribution is 2.14. The Morgan fingerprint density at radius 2 is 1.68 bits per heavy atom. The van der Waals surface area contributed by atoms with Crippen LogP contribution in [-0.2, 0) is 9.53 Å². The molecule has 1 atom stereocenters. The normalized spacial score (nSPS) is 12.1. The van der Waals surface area contributed by atoms with Gasteiger partial charge in [0.05, 0.1) is 6.61 Å². The van der Waals surface area contributed by atoms with Gasteiger partial charge in [0.25, 0.3) is 5.91 Å². The van der Waals surface area contributed by atoms with Crippen molar-refractivity contribution in [3.63, 3.8) is 0 Å². The molecule has 0 bridgehead atoms. The summed E-state index contributed by atoms with van der Waals surface area (Å²) >= 11 is 0. The minimum atomic E-state index is -0.968. The van der Waals surface area contributed by atoms with Gasteiger partial charge in [0.15, 0.2) is 0 Å². The summed E-state index contributed by atoms with van der Waals surface area (Å²) in [6, 6.07) is 2.21. The van der Waals surface area contributed by atoms with Gasteiger partial charge >= 0.3 is 5.97 Å². The van der Waals surface area contributed by atoms with Gasteiger partial charge in [-0.3, -0.25) is 4.79 Å². The summed E-state index contributed by atoms with van der Waals surface area (Å²) in [5.74, 6) is -3.76. The van der Waals surface area contributed by atoms with Gasteiger partial charge in [0, 0.05) is 0 Å². The monoisotopic (exact) mass is 355 g/mol. The minimum absolute atomic E-state index is 0.272. The molecule has 0 aromatic heterocycles. The smallest absolute Gasteiger partial charge is 0.328 e. The third-order valence-electron chi connectivity index (χ3n) is 3.89. The SMILES string of the molecule is CCCCCCCOC(=O)C(NC(=O)c1c(F)cccc1F)C(C)C. The van der Waals surface area contributed by atoms with Gasteiger partial charge in [-0.2, -0.15) is 0 Å². The highest BCUT2D eigenvalue weighted by atomic mass is 19.1. The molecule has 25 heavy (non-hydrogen) atoms. The van der Waals surface area contributed by atoms with E-state index in [2.05, 4.69) is 12.2 Å². The molecular formula is C19H27F2NO3. The second kappa shape index (κ2) is 10.8. The molecule has 1 unspecified atom stereocenters. The van der Waals surface area contributed by atoms with E-state index in [-0.39, 0.29) is 12.5 Å². The molecule has 6 heteroatoms. The third-order valence-corrected chi connectivity index (χ3v) is 3.89. The highest BCUT2D eigenvalue weighted by molar-refractivity contribution is 5.97. The lowest BCUT2D eigenvalue weighted by molar-refractivity contribution is -0.147. The van der Waals surface area contributed by atoms with Crippen LogP contribution in [0.1, 0.15) is 63.2 Å². The number of esters is 1. The van der Waals surface area contributed by atoms with E-state index in [9.17, 15) is 18.4 Å². The van der Waals surface area contributed by atoms with Crippen molar-refractivity contribution in [1.82, 2.24) is 5.32 Å². The van der Waals surface area contributed by atoms with E-state index >= 15 is 0 Å². The molecule has 1 N–H and O–H groups in total. The van der Waals surface area contributed by atoms with E-state index < -0.39 is 35.1 Å². The van der Waals surface area contributed by atoms with E-state index in [1.807, 2.05) is 0 Å². The molecule has 0 aliphatic rings. The average molecular weight is 355 g/mol. The first-order valence-electron chi connectivity index (χ1n) is 8.80. The number of carbonyl (C=O) groups excluding carboxylic acids is 2. The molecule has 0 aliphatic heterocycles. The molecule has 0 saturated heterocycles. The van der Waals surface area contributed by atoms with Crippen molar-refractivity contribution in [1.29, 1.82) is 0 Å². The maximum atomic E-state index is 13.7. The molecular weight excluding hydrogens is 328 g/mol. The fraction of sp³-hybridized carbons (Fsp3) is 0.579. The first-order chi connectivity index (χ1) is 11.9. The summed E-state index contributed by atoms with van der Waals surface area (Å²) in [7, 11) is 0. The zero-order valence-electron chi connectivity index (χ0n) is 15.1. The number of ether oxygens (including phenoxy) is 1. The predicted octanol–water partition coefficient (Wildman–Crippen LogP) is 4.23. The minimum Gasteiger partial charge on any atom is -0.464 e. The van der Waals surface area contributed by atoms with Crippen molar-refractivity contribution < 1.29 is 23.1 Å². The number of amides is 1. The number of nitrogens with one attached hydrogen (secondary N) is 1. The van der Waals surface area contributed by atoms with Gasteiger partial charge in [0.1, 0.15) is 23.2 Å². The van der Waals surface area contributed by atoms with Crippen LogP contribution in [0.3, 0.4) is 0 Å². The van der Waals surface area contributed by atoms with Crippen LogP contribution in [-0.4, -0.2) is 24.5 Å². The van der Waals surface area contributed by atoms with Crippen LogP contribution in [0.25, 0.3) is 0 Å². The van der Waals surface area contributed by atoms with Crippen LogP contribution >= 0.6 is 0 Å². The molecule has 0 heterocycles. The van der Waals surface area contributed by atoms with Gasteiger partial charge in [-0.05, 0) is 24.5 Å². The fourth-order valence-corrected chi connectivity index (χ4v) is 2.39. The highest BCUT2D eigenvalue weighted by Gasteiger charge is 2.28. The van der Waals surface area contributed by atoms with Crippen molar-refractivity contribution >= 4 is 11.9 Å². The van der Waals surface area contributed by atoms with Gasteiger partial charge < -0.3 is 10.1 Å². The van der Waals surface area contributed by atoms with E-state index in [0.29, 0.717) is 0 Å². The van der Waals surface area contributed by atoms with Crippen molar-refractivity contribution in [2.45, 2.75) is 58.9 Å².